The zero-order valence-electron chi connectivity index (χ0n) is 8.61. The molecule has 0 atom stereocenters. The van der Waals surface area contributed by atoms with Gasteiger partial charge >= 0.3 is 0 Å². The van der Waals surface area contributed by atoms with Crippen LogP contribution in [-0.2, 0) is 6.54 Å². The van der Waals surface area contributed by atoms with Gasteiger partial charge in [0.25, 0.3) is 0 Å². The Morgan fingerprint density at radius 1 is 1.20 bits per heavy atom. The molecule has 0 aliphatic carbocycles. The highest BCUT2D eigenvalue weighted by atomic mass is 19.1. The van der Waals surface area contributed by atoms with E-state index in [0.29, 0.717) is 12.1 Å². The highest BCUT2D eigenvalue weighted by Gasteiger charge is 1.99. The Bertz CT molecular complexity index is 357. The third kappa shape index (κ3) is 4.57. The molecule has 0 saturated heterocycles. The van der Waals surface area contributed by atoms with Crippen molar-refractivity contribution < 1.29 is 8.78 Å². The van der Waals surface area contributed by atoms with E-state index in [0.717, 1.165) is 19.0 Å². The van der Waals surface area contributed by atoms with Crippen molar-refractivity contribution in [1.82, 2.24) is 5.32 Å². The second-order valence-electron chi connectivity index (χ2n) is 3.13. The lowest BCUT2D eigenvalue weighted by Crippen LogP contribution is -2.14. The van der Waals surface area contributed by atoms with Crippen LogP contribution in [0.15, 0.2) is 18.2 Å². The summed E-state index contributed by atoms with van der Waals surface area (Å²) in [6.07, 6.45) is 0.744. The largest absolute Gasteiger partial charge is 0.312 e. The fourth-order valence-corrected chi connectivity index (χ4v) is 1.22. The number of rotatable bonds is 4. The van der Waals surface area contributed by atoms with Gasteiger partial charge in [0.05, 0.1) is 0 Å². The zero-order chi connectivity index (χ0) is 11.1. The van der Waals surface area contributed by atoms with Gasteiger partial charge in [-0.25, -0.2) is 8.78 Å². The molecule has 0 unspecified atom stereocenters. The Kier molecular flexibility index (Phi) is 4.79. The van der Waals surface area contributed by atoms with Gasteiger partial charge in [0, 0.05) is 25.6 Å². The SMILES string of the molecule is CC#CCCNCc1cc(F)cc(F)c1. The molecule has 1 N–H and O–H groups in total. The van der Waals surface area contributed by atoms with Crippen molar-refractivity contribution in [3.8, 4) is 11.8 Å². The lowest BCUT2D eigenvalue weighted by Gasteiger charge is -2.03. The molecule has 1 nitrogen and oxygen atoms in total. The van der Waals surface area contributed by atoms with E-state index in [1.165, 1.54) is 12.1 Å². The van der Waals surface area contributed by atoms with Gasteiger partial charge in [-0.2, -0.15) is 0 Å². The minimum Gasteiger partial charge on any atom is -0.312 e. The summed E-state index contributed by atoms with van der Waals surface area (Å²) in [5.74, 6) is 4.59. The van der Waals surface area contributed by atoms with Crippen LogP contribution in [0, 0.1) is 23.5 Å². The first-order valence-electron chi connectivity index (χ1n) is 4.77. The van der Waals surface area contributed by atoms with Crippen LogP contribution < -0.4 is 5.32 Å². The molecule has 15 heavy (non-hydrogen) atoms. The van der Waals surface area contributed by atoms with Gasteiger partial charge in [-0.1, -0.05) is 0 Å². The summed E-state index contributed by atoms with van der Waals surface area (Å²) in [5, 5.41) is 3.06. The number of halogens is 2. The highest BCUT2D eigenvalue weighted by Crippen LogP contribution is 2.07. The Morgan fingerprint density at radius 3 is 2.47 bits per heavy atom. The van der Waals surface area contributed by atoms with Gasteiger partial charge in [0.2, 0.25) is 0 Å². The number of benzene rings is 1. The fraction of sp³-hybridized carbons (Fsp3) is 0.333. The number of nitrogens with one attached hydrogen (secondary N) is 1. The summed E-state index contributed by atoms with van der Waals surface area (Å²) in [5.41, 5.74) is 0.608. The van der Waals surface area contributed by atoms with Gasteiger partial charge in [-0.15, -0.1) is 11.8 Å². The summed E-state index contributed by atoms with van der Waals surface area (Å²) in [7, 11) is 0. The molecular formula is C12H13F2N. The molecule has 0 amide bonds. The minimum absolute atomic E-state index is 0.458. The molecule has 0 aromatic heterocycles. The van der Waals surface area contributed by atoms with Crippen molar-refractivity contribution in [3.63, 3.8) is 0 Å². The van der Waals surface area contributed by atoms with Crippen LogP contribution in [0.2, 0.25) is 0 Å². The monoisotopic (exact) mass is 209 g/mol. The maximum atomic E-state index is 12.8. The van der Waals surface area contributed by atoms with Crippen molar-refractivity contribution in [1.29, 1.82) is 0 Å². The number of hydrogen-bond acceptors (Lipinski definition) is 1. The van der Waals surface area contributed by atoms with E-state index in [2.05, 4.69) is 17.2 Å². The summed E-state index contributed by atoms with van der Waals surface area (Å²) in [4.78, 5) is 0. The fourth-order valence-electron chi connectivity index (χ4n) is 1.22. The maximum Gasteiger partial charge on any atom is 0.126 e. The van der Waals surface area contributed by atoms with Gasteiger partial charge < -0.3 is 5.32 Å². The molecule has 0 aliphatic heterocycles. The van der Waals surface area contributed by atoms with E-state index in [1.54, 1.807) is 6.92 Å². The van der Waals surface area contributed by atoms with Crippen LogP contribution >= 0.6 is 0 Å². The first-order chi connectivity index (χ1) is 7.22. The standard InChI is InChI=1S/C12H13F2N/c1-2-3-4-5-15-9-10-6-11(13)8-12(14)7-10/h6-8,15H,4-5,9H2,1H3. The van der Waals surface area contributed by atoms with E-state index in [4.69, 9.17) is 0 Å². The minimum atomic E-state index is -0.542. The van der Waals surface area contributed by atoms with E-state index in [1.807, 2.05) is 0 Å². The van der Waals surface area contributed by atoms with E-state index < -0.39 is 11.6 Å². The molecule has 1 rings (SSSR count). The third-order valence-electron chi connectivity index (χ3n) is 1.86. The van der Waals surface area contributed by atoms with Crippen LogP contribution in [0.5, 0.6) is 0 Å². The van der Waals surface area contributed by atoms with Crippen LogP contribution in [0.3, 0.4) is 0 Å². The molecule has 0 aliphatic rings. The summed E-state index contributed by atoms with van der Waals surface area (Å²) in [6, 6.07) is 3.51. The second kappa shape index (κ2) is 6.15. The van der Waals surface area contributed by atoms with Gasteiger partial charge in [0.1, 0.15) is 11.6 Å². The van der Waals surface area contributed by atoms with Crippen molar-refractivity contribution in [2.45, 2.75) is 19.9 Å². The summed E-state index contributed by atoms with van der Waals surface area (Å²) >= 11 is 0. The second-order valence-corrected chi connectivity index (χ2v) is 3.13. The molecule has 1 aromatic carbocycles. The Hall–Kier alpha value is -1.40. The first-order valence-corrected chi connectivity index (χ1v) is 4.77. The highest BCUT2D eigenvalue weighted by molar-refractivity contribution is 5.17. The Morgan fingerprint density at radius 2 is 1.87 bits per heavy atom. The Labute approximate surface area is 88.5 Å². The summed E-state index contributed by atoms with van der Waals surface area (Å²) in [6.45, 7) is 2.96. The van der Waals surface area contributed by atoms with E-state index in [9.17, 15) is 8.78 Å². The normalized spacial score (nSPS) is 9.53. The molecule has 0 heterocycles. The average Bonchev–Trinajstić information content (AvgIpc) is 2.16. The topological polar surface area (TPSA) is 12.0 Å². The molecule has 0 bridgehead atoms. The van der Waals surface area contributed by atoms with Crippen LogP contribution in [0.25, 0.3) is 0 Å². The van der Waals surface area contributed by atoms with E-state index >= 15 is 0 Å². The van der Waals surface area contributed by atoms with Gasteiger partial charge in [-0.3, -0.25) is 0 Å². The quantitative estimate of drug-likeness (QED) is 0.593. The summed E-state index contributed by atoms with van der Waals surface area (Å²) < 4.78 is 25.5. The lowest BCUT2D eigenvalue weighted by atomic mass is 10.2. The third-order valence-corrected chi connectivity index (χ3v) is 1.86. The van der Waals surface area contributed by atoms with Crippen molar-refractivity contribution in [3.05, 3.63) is 35.4 Å². The molecule has 0 radical (unpaired) electrons. The predicted molar refractivity (Wildman–Crippen MR) is 56.1 cm³/mol. The van der Waals surface area contributed by atoms with Crippen LogP contribution in [0.1, 0.15) is 18.9 Å². The van der Waals surface area contributed by atoms with Crippen LogP contribution in [0.4, 0.5) is 8.78 Å². The molecule has 3 heteroatoms. The zero-order valence-corrected chi connectivity index (χ0v) is 8.61. The molecule has 0 spiro atoms. The molecule has 0 saturated carbocycles. The first kappa shape index (κ1) is 11.7. The molecular weight excluding hydrogens is 196 g/mol. The van der Waals surface area contributed by atoms with Crippen LogP contribution in [-0.4, -0.2) is 6.54 Å². The number of hydrogen-bond donors (Lipinski definition) is 1. The van der Waals surface area contributed by atoms with Gasteiger partial charge in [-0.05, 0) is 24.6 Å². The Balaban J connectivity index is 2.39. The maximum absolute atomic E-state index is 12.8. The predicted octanol–water partition coefficient (Wildman–Crippen LogP) is 2.47. The van der Waals surface area contributed by atoms with Gasteiger partial charge in [0.15, 0.2) is 0 Å². The molecule has 1 aromatic rings. The smallest absolute Gasteiger partial charge is 0.126 e. The molecule has 0 fully saturated rings. The lowest BCUT2D eigenvalue weighted by molar-refractivity contribution is 0.575. The van der Waals surface area contributed by atoms with Crippen molar-refractivity contribution >= 4 is 0 Å². The molecule has 80 valence electrons. The van der Waals surface area contributed by atoms with Crippen molar-refractivity contribution in [2.75, 3.05) is 6.54 Å². The van der Waals surface area contributed by atoms with Crippen molar-refractivity contribution in [2.24, 2.45) is 0 Å². The van der Waals surface area contributed by atoms with E-state index in [-0.39, 0.29) is 0 Å². The average molecular weight is 209 g/mol.